The molecule has 0 amide bonds. The van der Waals surface area contributed by atoms with Gasteiger partial charge in [0.25, 0.3) is 0 Å². The molecule has 0 spiro atoms. The maximum Gasteiger partial charge on any atom is 0.118 e. The first kappa shape index (κ1) is 17.6. The first-order valence-corrected chi connectivity index (χ1v) is 9.84. The molecule has 2 heteroatoms. The minimum Gasteiger partial charge on any atom is -0.497 e. The van der Waals surface area contributed by atoms with E-state index in [1.54, 1.807) is 18.9 Å². The molecule has 0 bridgehead atoms. The molecule has 0 saturated carbocycles. The summed E-state index contributed by atoms with van der Waals surface area (Å²) in [5.41, 5.74) is 4.11. The van der Waals surface area contributed by atoms with Crippen molar-refractivity contribution >= 4 is 11.8 Å². The van der Waals surface area contributed by atoms with E-state index in [0.717, 1.165) is 18.6 Å². The Morgan fingerprint density at radius 3 is 1.96 bits per heavy atom. The Kier molecular flexibility index (Phi) is 6.19. The highest BCUT2D eigenvalue weighted by Crippen LogP contribution is 2.31. The van der Waals surface area contributed by atoms with Crippen LogP contribution < -0.4 is 4.74 Å². The van der Waals surface area contributed by atoms with Crippen LogP contribution in [0.2, 0.25) is 0 Å². The lowest BCUT2D eigenvalue weighted by Gasteiger charge is -2.19. The van der Waals surface area contributed by atoms with Crippen molar-refractivity contribution in [3.63, 3.8) is 0 Å². The molecule has 3 aromatic rings. The lowest BCUT2D eigenvalue weighted by atomic mass is 9.86. The molecule has 1 nitrogen and oxygen atoms in total. The van der Waals surface area contributed by atoms with E-state index in [9.17, 15) is 0 Å². The number of aryl methyl sites for hydroxylation is 1. The maximum atomic E-state index is 5.31. The summed E-state index contributed by atoms with van der Waals surface area (Å²) in [6, 6.07) is 28.2. The molecule has 3 aromatic carbocycles. The fourth-order valence-corrected chi connectivity index (χ4v) is 3.56. The summed E-state index contributed by atoms with van der Waals surface area (Å²) in [4.78, 5) is 1.31. The largest absolute Gasteiger partial charge is 0.497 e. The number of thioether (sulfide) groups is 1. The molecule has 128 valence electrons. The van der Waals surface area contributed by atoms with Crippen LogP contribution in [0.1, 0.15) is 29.0 Å². The van der Waals surface area contributed by atoms with Crippen LogP contribution in [-0.4, -0.2) is 13.4 Å². The summed E-state index contributed by atoms with van der Waals surface area (Å²) in [7, 11) is 1.71. The van der Waals surface area contributed by atoms with Gasteiger partial charge in [0.1, 0.15) is 5.75 Å². The number of rotatable bonds is 7. The van der Waals surface area contributed by atoms with E-state index >= 15 is 0 Å². The van der Waals surface area contributed by atoms with Crippen LogP contribution >= 0.6 is 11.8 Å². The van der Waals surface area contributed by atoms with Gasteiger partial charge in [-0.2, -0.15) is 0 Å². The van der Waals surface area contributed by atoms with E-state index in [1.807, 2.05) is 0 Å². The molecular weight excluding hydrogens is 324 g/mol. The van der Waals surface area contributed by atoms with Gasteiger partial charge in [-0.15, -0.1) is 11.8 Å². The average Bonchev–Trinajstić information content (AvgIpc) is 2.70. The summed E-state index contributed by atoms with van der Waals surface area (Å²) in [5, 5.41) is 0. The molecule has 0 aliphatic carbocycles. The monoisotopic (exact) mass is 348 g/mol. The quantitative estimate of drug-likeness (QED) is 0.471. The summed E-state index contributed by atoms with van der Waals surface area (Å²) < 4.78 is 5.31. The lowest BCUT2D eigenvalue weighted by molar-refractivity contribution is 0.414. The second-order valence-electron chi connectivity index (χ2n) is 6.12. The zero-order chi connectivity index (χ0) is 17.5. The van der Waals surface area contributed by atoms with Crippen molar-refractivity contribution in [2.24, 2.45) is 0 Å². The topological polar surface area (TPSA) is 9.23 Å². The number of hydrogen-bond donors (Lipinski definition) is 0. The average molecular weight is 349 g/mol. The van der Waals surface area contributed by atoms with Gasteiger partial charge in [0.15, 0.2) is 0 Å². The van der Waals surface area contributed by atoms with Crippen LogP contribution in [0.4, 0.5) is 0 Å². The standard InChI is InChI=1S/C23H24OS/c1-24-21-13-9-19(10-14-21)23(17-8-18-6-4-3-5-7-18)20-11-15-22(25-2)16-12-20/h3-7,9-16,23H,8,17H2,1-2H3. The summed E-state index contributed by atoms with van der Waals surface area (Å²) in [6.07, 6.45) is 4.28. The minimum absolute atomic E-state index is 0.391. The van der Waals surface area contributed by atoms with Gasteiger partial charge < -0.3 is 4.74 Å². The zero-order valence-electron chi connectivity index (χ0n) is 14.8. The van der Waals surface area contributed by atoms with Gasteiger partial charge in [-0.05, 0) is 60.1 Å². The molecule has 0 aromatic heterocycles. The van der Waals surface area contributed by atoms with Crippen molar-refractivity contribution in [1.82, 2.24) is 0 Å². The van der Waals surface area contributed by atoms with Gasteiger partial charge in [0.2, 0.25) is 0 Å². The second-order valence-corrected chi connectivity index (χ2v) is 7.00. The smallest absolute Gasteiger partial charge is 0.118 e. The third-order valence-electron chi connectivity index (χ3n) is 4.60. The second kappa shape index (κ2) is 8.77. The predicted octanol–water partition coefficient (Wildman–Crippen LogP) is 6.18. The lowest BCUT2D eigenvalue weighted by Crippen LogP contribution is -2.03. The number of hydrogen-bond acceptors (Lipinski definition) is 2. The van der Waals surface area contributed by atoms with Gasteiger partial charge in [-0.25, -0.2) is 0 Å². The van der Waals surface area contributed by atoms with Crippen molar-refractivity contribution < 1.29 is 4.74 Å². The minimum atomic E-state index is 0.391. The molecule has 0 N–H and O–H groups in total. The normalized spacial score (nSPS) is 11.9. The van der Waals surface area contributed by atoms with Gasteiger partial charge in [-0.1, -0.05) is 54.6 Å². The van der Waals surface area contributed by atoms with E-state index in [4.69, 9.17) is 4.74 Å². The molecular formula is C23H24OS. The molecule has 0 aliphatic rings. The van der Waals surface area contributed by atoms with Crippen molar-refractivity contribution in [2.45, 2.75) is 23.7 Å². The van der Waals surface area contributed by atoms with E-state index in [2.05, 4.69) is 85.1 Å². The van der Waals surface area contributed by atoms with E-state index in [0.29, 0.717) is 5.92 Å². The van der Waals surface area contributed by atoms with Crippen molar-refractivity contribution in [3.8, 4) is 5.75 Å². The van der Waals surface area contributed by atoms with Crippen molar-refractivity contribution in [3.05, 3.63) is 95.6 Å². The number of methoxy groups -OCH3 is 1. The molecule has 0 fully saturated rings. The summed E-state index contributed by atoms with van der Waals surface area (Å²) in [6.45, 7) is 0. The molecule has 0 heterocycles. The van der Waals surface area contributed by atoms with Gasteiger partial charge in [0.05, 0.1) is 7.11 Å². The third-order valence-corrected chi connectivity index (χ3v) is 5.34. The van der Waals surface area contributed by atoms with Crippen molar-refractivity contribution in [1.29, 1.82) is 0 Å². The molecule has 25 heavy (non-hydrogen) atoms. The first-order chi connectivity index (χ1) is 12.3. The van der Waals surface area contributed by atoms with E-state index in [1.165, 1.54) is 21.6 Å². The molecule has 0 aliphatic heterocycles. The Morgan fingerprint density at radius 2 is 1.40 bits per heavy atom. The fraction of sp³-hybridized carbons (Fsp3) is 0.217. The molecule has 1 atom stereocenters. The van der Waals surface area contributed by atoms with E-state index in [-0.39, 0.29) is 0 Å². The van der Waals surface area contributed by atoms with Crippen molar-refractivity contribution in [2.75, 3.05) is 13.4 Å². The van der Waals surface area contributed by atoms with E-state index < -0.39 is 0 Å². The zero-order valence-corrected chi connectivity index (χ0v) is 15.6. The van der Waals surface area contributed by atoms with Crippen LogP contribution in [-0.2, 0) is 6.42 Å². The van der Waals surface area contributed by atoms with Gasteiger partial charge >= 0.3 is 0 Å². The maximum absolute atomic E-state index is 5.31. The Bertz CT molecular complexity index is 716. The highest BCUT2D eigenvalue weighted by Gasteiger charge is 2.14. The van der Waals surface area contributed by atoms with Crippen LogP contribution in [0.3, 0.4) is 0 Å². The Balaban J connectivity index is 1.86. The summed E-state index contributed by atoms with van der Waals surface area (Å²) in [5.74, 6) is 1.30. The van der Waals surface area contributed by atoms with Crippen LogP contribution in [0, 0.1) is 0 Å². The highest BCUT2D eigenvalue weighted by molar-refractivity contribution is 7.98. The molecule has 0 saturated heterocycles. The summed E-state index contributed by atoms with van der Waals surface area (Å²) >= 11 is 1.78. The fourth-order valence-electron chi connectivity index (χ4n) is 3.15. The predicted molar refractivity (Wildman–Crippen MR) is 108 cm³/mol. The Labute approximate surface area is 155 Å². The van der Waals surface area contributed by atoms with Crippen LogP contribution in [0.5, 0.6) is 5.75 Å². The Morgan fingerprint density at radius 1 is 0.800 bits per heavy atom. The SMILES string of the molecule is COc1ccc(C(CCc2ccccc2)c2ccc(SC)cc2)cc1. The molecule has 0 radical (unpaired) electrons. The third kappa shape index (κ3) is 4.67. The Hall–Kier alpha value is -2.19. The number of benzene rings is 3. The van der Waals surface area contributed by atoms with Gasteiger partial charge in [0, 0.05) is 10.8 Å². The first-order valence-electron chi connectivity index (χ1n) is 8.62. The van der Waals surface area contributed by atoms with Crippen LogP contribution in [0.15, 0.2) is 83.8 Å². The highest BCUT2D eigenvalue weighted by atomic mass is 32.2. The molecule has 1 unspecified atom stereocenters. The number of ether oxygens (including phenoxy) is 1. The van der Waals surface area contributed by atoms with Gasteiger partial charge in [-0.3, -0.25) is 0 Å². The molecule has 3 rings (SSSR count). The van der Waals surface area contributed by atoms with Crippen LogP contribution in [0.25, 0.3) is 0 Å².